The van der Waals surface area contributed by atoms with E-state index in [9.17, 15) is 18.7 Å². The molecule has 0 saturated heterocycles. The zero-order valence-corrected chi connectivity index (χ0v) is 20.0. The minimum atomic E-state index is -3.71. The highest BCUT2D eigenvalue weighted by molar-refractivity contribution is 6.30. The zero-order valence-electron chi connectivity index (χ0n) is 19.3. The Hall–Kier alpha value is -4.22. The van der Waals surface area contributed by atoms with Crippen LogP contribution in [0.15, 0.2) is 67.1 Å². The van der Waals surface area contributed by atoms with Crippen LogP contribution >= 0.6 is 11.6 Å². The van der Waals surface area contributed by atoms with E-state index in [0.717, 1.165) is 5.56 Å². The number of aliphatic hydroxyl groups is 1. The number of fused-ring (bicyclic) bond motifs is 1. The number of carbonyl (C=O) groups is 1. The molecule has 2 aromatic heterocycles. The van der Waals surface area contributed by atoms with Gasteiger partial charge in [-0.3, -0.25) is 4.79 Å². The lowest BCUT2D eigenvalue weighted by molar-refractivity contribution is -0.286. The monoisotopic (exact) mass is 527 g/mol. The molecule has 0 radical (unpaired) electrons. The maximum absolute atomic E-state index is 13.3. The number of alkyl halides is 2. The quantitative estimate of drug-likeness (QED) is 0.318. The molecular formula is C25H20ClF2N5O4. The molecule has 0 bridgehead atoms. The van der Waals surface area contributed by atoms with Gasteiger partial charge in [-0.05, 0) is 42.8 Å². The van der Waals surface area contributed by atoms with E-state index >= 15 is 0 Å². The molecular weight excluding hydrogens is 508 g/mol. The minimum Gasteiger partial charge on any atom is -0.395 e. The molecule has 0 fully saturated rings. The second kappa shape index (κ2) is 9.68. The fraction of sp³-hybridized carbons (Fsp3) is 0.160. The molecule has 0 spiro atoms. The number of aromatic nitrogens is 3. The van der Waals surface area contributed by atoms with E-state index in [4.69, 9.17) is 11.6 Å². The van der Waals surface area contributed by atoms with Crippen molar-refractivity contribution in [3.8, 4) is 17.3 Å². The number of ether oxygens (including phenoxy) is 2. The summed E-state index contributed by atoms with van der Waals surface area (Å²) >= 11 is 6.03. The standard InChI is InChI=1S/C25H20ClF2N5O4/c1-14-11-29-24(30-18-5-6-20-21(10-18)37-25(27,28)36-20)32-22(14)33-8-7-16(12-33)23(35)31-19(13-34)15-3-2-4-17(26)9-15/h2-12,19,34H,13H2,1H3,(H,31,35)(H,29,30,32). The molecule has 37 heavy (non-hydrogen) atoms. The maximum atomic E-state index is 13.3. The van der Waals surface area contributed by atoms with Crippen LogP contribution in [-0.4, -0.2) is 38.5 Å². The van der Waals surface area contributed by atoms with Gasteiger partial charge in [0.2, 0.25) is 5.95 Å². The van der Waals surface area contributed by atoms with Crippen LogP contribution in [0, 0.1) is 6.92 Å². The second-order valence-corrected chi connectivity index (χ2v) is 8.66. The van der Waals surface area contributed by atoms with Gasteiger partial charge in [-0.15, -0.1) is 8.78 Å². The van der Waals surface area contributed by atoms with Gasteiger partial charge in [0, 0.05) is 40.9 Å². The highest BCUT2D eigenvalue weighted by Crippen LogP contribution is 2.42. The normalized spacial score (nSPS) is 14.3. The average Bonchev–Trinajstić information content (AvgIpc) is 3.46. The van der Waals surface area contributed by atoms with E-state index in [1.807, 2.05) is 6.92 Å². The third-order valence-corrected chi connectivity index (χ3v) is 5.78. The lowest BCUT2D eigenvalue weighted by Gasteiger charge is -2.16. The first-order valence-electron chi connectivity index (χ1n) is 11.1. The molecule has 190 valence electrons. The third-order valence-electron chi connectivity index (χ3n) is 5.54. The predicted octanol–water partition coefficient (Wildman–Crippen LogP) is 4.76. The van der Waals surface area contributed by atoms with Crippen molar-refractivity contribution in [3.63, 3.8) is 0 Å². The molecule has 3 heterocycles. The molecule has 1 unspecified atom stereocenters. The van der Waals surface area contributed by atoms with E-state index in [-0.39, 0.29) is 30.0 Å². The van der Waals surface area contributed by atoms with Crippen LogP contribution in [0.3, 0.4) is 0 Å². The average molecular weight is 528 g/mol. The molecule has 9 nitrogen and oxygen atoms in total. The largest absolute Gasteiger partial charge is 0.586 e. The summed E-state index contributed by atoms with van der Waals surface area (Å²) in [5, 5.41) is 16.0. The SMILES string of the molecule is Cc1cnc(Nc2ccc3c(c2)OC(F)(F)O3)nc1-n1ccc(C(=O)NC(CO)c2cccc(Cl)c2)c1. The van der Waals surface area contributed by atoms with E-state index < -0.39 is 12.3 Å². The molecule has 1 aliphatic heterocycles. The van der Waals surface area contributed by atoms with Crippen molar-refractivity contribution < 1.29 is 28.2 Å². The Morgan fingerprint density at radius 3 is 2.78 bits per heavy atom. The van der Waals surface area contributed by atoms with Crippen LogP contribution in [0.5, 0.6) is 11.5 Å². The first-order chi connectivity index (χ1) is 17.7. The van der Waals surface area contributed by atoms with Crippen molar-refractivity contribution in [3.05, 3.63) is 88.8 Å². The Balaban J connectivity index is 1.33. The maximum Gasteiger partial charge on any atom is 0.586 e. The molecule has 12 heteroatoms. The molecule has 5 rings (SSSR count). The number of hydrogen-bond acceptors (Lipinski definition) is 7. The highest BCUT2D eigenvalue weighted by atomic mass is 35.5. The molecule has 1 aliphatic rings. The lowest BCUT2D eigenvalue weighted by atomic mass is 10.1. The Morgan fingerprint density at radius 1 is 1.19 bits per heavy atom. The number of nitrogens with one attached hydrogen (secondary N) is 2. The van der Waals surface area contributed by atoms with Crippen LogP contribution in [0.2, 0.25) is 5.02 Å². The Bertz CT molecular complexity index is 1480. The summed E-state index contributed by atoms with van der Waals surface area (Å²) in [6.07, 6.45) is 1.15. The van der Waals surface area contributed by atoms with Gasteiger partial charge in [-0.2, -0.15) is 4.98 Å². The first kappa shape index (κ1) is 24.5. The Labute approximate surface area is 214 Å². The number of amides is 1. The summed E-state index contributed by atoms with van der Waals surface area (Å²) in [6.45, 7) is 1.51. The van der Waals surface area contributed by atoms with E-state index in [2.05, 4.69) is 30.1 Å². The number of rotatable bonds is 7. The Morgan fingerprint density at radius 2 is 2.00 bits per heavy atom. The van der Waals surface area contributed by atoms with Crippen LogP contribution < -0.4 is 20.1 Å². The number of nitrogens with zero attached hydrogens (tertiary/aromatic N) is 3. The zero-order chi connectivity index (χ0) is 26.2. The number of aliphatic hydroxyl groups excluding tert-OH is 1. The fourth-order valence-electron chi connectivity index (χ4n) is 3.77. The summed E-state index contributed by atoms with van der Waals surface area (Å²) in [7, 11) is 0. The molecule has 4 aromatic rings. The fourth-order valence-corrected chi connectivity index (χ4v) is 3.97. The number of hydrogen-bond donors (Lipinski definition) is 3. The third kappa shape index (κ3) is 5.32. The predicted molar refractivity (Wildman–Crippen MR) is 131 cm³/mol. The van der Waals surface area contributed by atoms with Gasteiger partial charge in [0.05, 0.1) is 18.2 Å². The molecule has 0 aliphatic carbocycles. The van der Waals surface area contributed by atoms with Crippen LogP contribution in [0.1, 0.15) is 27.5 Å². The Kier molecular flexibility index (Phi) is 6.40. The highest BCUT2D eigenvalue weighted by Gasteiger charge is 2.43. The van der Waals surface area contributed by atoms with E-state index in [1.54, 1.807) is 53.5 Å². The number of carbonyl (C=O) groups excluding carboxylic acids is 1. The first-order valence-corrected chi connectivity index (χ1v) is 11.4. The summed E-state index contributed by atoms with van der Waals surface area (Å²) in [5.41, 5.74) is 2.17. The molecule has 2 aromatic carbocycles. The number of aryl methyl sites for hydroxylation is 1. The van der Waals surface area contributed by atoms with Crippen molar-refractivity contribution in [2.24, 2.45) is 0 Å². The summed E-state index contributed by atoms with van der Waals surface area (Å²) in [6, 6.07) is 12.1. The number of benzene rings is 2. The van der Waals surface area contributed by atoms with Crippen LogP contribution in [0.25, 0.3) is 5.82 Å². The van der Waals surface area contributed by atoms with Crippen LogP contribution in [-0.2, 0) is 0 Å². The smallest absolute Gasteiger partial charge is 0.395 e. The molecule has 0 saturated carbocycles. The van der Waals surface area contributed by atoms with Gasteiger partial charge in [0.15, 0.2) is 11.5 Å². The molecule has 1 amide bonds. The number of halogens is 3. The van der Waals surface area contributed by atoms with Crippen molar-refractivity contribution in [2.75, 3.05) is 11.9 Å². The molecule has 1 atom stereocenters. The van der Waals surface area contributed by atoms with Gasteiger partial charge < -0.3 is 29.8 Å². The topological polar surface area (TPSA) is 111 Å². The van der Waals surface area contributed by atoms with Gasteiger partial charge in [-0.1, -0.05) is 23.7 Å². The van der Waals surface area contributed by atoms with Gasteiger partial charge in [-0.25, -0.2) is 4.98 Å². The summed E-state index contributed by atoms with van der Waals surface area (Å²) < 4.78 is 37.1. The minimum absolute atomic E-state index is 0.0713. The lowest BCUT2D eigenvalue weighted by Crippen LogP contribution is -2.30. The van der Waals surface area contributed by atoms with Crippen molar-refractivity contribution in [1.82, 2.24) is 19.9 Å². The van der Waals surface area contributed by atoms with Crippen LogP contribution in [0.4, 0.5) is 20.4 Å². The van der Waals surface area contributed by atoms with Crippen molar-refractivity contribution in [2.45, 2.75) is 19.3 Å². The van der Waals surface area contributed by atoms with E-state index in [1.165, 1.54) is 18.2 Å². The van der Waals surface area contributed by atoms with Crippen molar-refractivity contribution in [1.29, 1.82) is 0 Å². The van der Waals surface area contributed by atoms with Gasteiger partial charge in [0.1, 0.15) is 5.82 Å². The summed E-state index contributed by atoms with van der Waals surface area (Å²) in [4.78, 5) is 21.6. The van der Waals surface area contributed by atoms with Crippen molar-refractivity contribution >= 4 is 29.1 Å². The molecule has 3 N–H and O–H groups in total. The summed E-state index contributed by atoms with van der Waals surface area (Å²) in [5.74, 6) is 0.130. The van der Waals surface area contributed by atoms with E-state index in [0.29, 0.717) is 27.7 Å². The second-order valence-electron chi connectivity index (χ2n) is 8.23. The van der Waals surface area contributed by atoms with Gasteiger partial charge >= 0.3 is 6.29 Å². The number of anilines is 2. The van der Waals surface area contributed by atoms with Gasteiger partial charge in [0.25, 0.3) is 5.91 Å².